The first kappa shape index (κ1) is 17.1. The van der Waals surface area contributed by atoms with Crippen LogP contribution in [0.4, 0.5) is 0 Å². The Kier molecular flexibility index (Phi) is 4.98. The number of hydrogen-bond acceptors (Lipinski definition) is 6. The molecular weight excluding hydrogens is 328 g/mol. The maximum absolute atomic E-state index is 12.6. The van der Waals surface area contributed by atoms with Gasteiger partial charge in [-0.3, -0.25) is 4.90 Å². The van der Waals surface area contributed by atoms with Crippen LogP contribution in [0.3, 0.4) is 0 Å². The van der Waals surface area contributed by atoms with E-state index in [4.69, 9.17) is 4.52 Å². The molecule has 0 spiro atoms. The SMILES string of the molecule is Cc1nc([C@@H](C)N2CCN(S(=O)(=O)Cc3ccccc3)CC2)no1. The summed E-state index contributed by atoms with van der Waals surface area (Å²) in [4.78, 5) is 6.44. The number of benzene rings is 1. The van der Waals surface area contributed by atoms with Crippen LogP contribution >= 0.6 is 0 Å². The molecule has 1 saturated heterocycles. The van der Waals surface area contributed by atoms with E-state index >= 15 is 0 Å². The average molecular weight is 350 g/mol. The van der Waals surface area contributed by atoms with Gasteiger partial charge in [0.05, 0.1) is 11.8 Å². The van der Waals surface area contributed by atoms with Gasteiger partial charge in [-0.1, -0.05) is 35.5 Å². The summed E-state index contributed by atoms with van der Waals surface area (Å²) < 4.78 is 31.7. The van der Waals surface area contributed by atoms with Gasteiger partial charge in [0.25, 0.3) is 0 Å². The monoisotopic (exact) mass is 350 g/mol. The summed E-state index contributed by atoms with van der Waals surface area (Å²) in [5.74, 6) is 1.24. The van der Waals surface area contributed by atoms with Gasteiger partial charge in [-0.25, -0.2) is 8.42 Å². The standard InChI is InChI=1S/C16H22N4O3S/c1-13(16-17-14(2)23-18-16)19-8-10-20(11-9-19)24(21,22)12-15-6-4-3-5-7-15/h3-7,13H,8-12H2,1-2H3/t13-/m1/s1. The lowest BCUT2D eigenvalue weighted by molar-refractivity contribution is 0.139. The fraction of sp³-hybridized carbons (Fsp3) is 0.500. The molecule has 0 unspecified atom stereocenters. The molecule has 1 aromatic heterocycles. The second-order valence-electron chi connectivity index (χ2n) is 6.02. The molecule has 130 valence electrons. The minimum atomic E-state index is -3.29. The third-order valence-corrected chi connectivity index (χ3v) is 6.17. The van der Waals surface area contributed by atoms with E-state index in [9.17, 15) is 8.42 Å². The third-order valence-electron chi connectivity index (χ3n) is 4.32. The second-order valence-corrected chi connectivity index (χ2v) is 7.99. The number of piperazine rings is 1. The molecule has 0 bridgehead atoms. The fourth-order valence-corrected chi connectivity index (χ4v) is 4.41. The summed E-state index contributed by atoms with van der Waals surface area (Å²) in [6.07, 6.45) is 0. The zero-order chi connectivity index (χ0) is 17.2. The van der Waals surface area contributed by atoms with Gasteiger partial charge in [0.15, 0.2) is 5.82 Å². The maximum Gasteiger partial charge on any atom is 0.223 e. The van der Waals surface area contributed by atoms with Crippen molar-refractivity contribution in [2.75, 3.05) is 26.2 Å². The molecule has 2 aromatic rings. The van der Waals surface area contributed by atoms with E-state index in [1.807, 2.05) is 37.3 Å². The molecule has 1 fully saturated rings. The highest BCUT2D eigenvalue weighted by molar-refractivity contribution is 7.88. The molecule has 0 saturated carbocycles. The number of rotatable bonds is 5. The lowest BCUT2D eigenvalue weighted by atomic mass is 10.2. The first-order valence-corrected chi connectivity index (χ1v) is 9.62. The van der Waals surface area contributed by atoms with Crippen LogP contribution in [-0.2, 0) is 15.8 Å². The summed E-state index contributed by atoms with van der Waals surface area (Å²) in [6.45, 7) is 6.05. The van der Waals surface area contributed by atoms with Gasteiger partial charge in [0, 0.05) is 33.1 Å². The number of sulfonamides is 1. The van der Waals surface area contributed by atoms with Gasteiger partial charge < -0.3 is 4.52 Å². The molecule has 0 amide bonds. The highest BCUT2D eigenvalue weighted by Crippen LogP contribution is 2.21. The molecule has 7 nitrogen and oxygen atoms in total. The molecule has 1 aliphatic heterocycles. The Morgan fingerprint density at radius 2 is 1.83 bits per heavy atom. The number of aromatic nitrogens is 2. The van der Waals surface area contributed by atoms with E-state index in [0.29, 0.717) is 37.9 Å². The van der Waals surface area contributed by atoms with Gasteiger partial charge >= 0.3 is 0 Å². The Morgan fingerprint density at radius 1 is 1.17 bits per heavy atom. The van der Waals surface area contributed by atoms with Gasteiger partial charge in [-0.05, 0) is 12.5 Å². The van der Waals surface area contributed by atoms with Crippen molar-refractivity contribution in [1.82, 2.24) is 19.3 Å². The highest BCUT2D eigenvalue weighted by Gasteiger charge is 2.30. The van der Waals surface area contributed by atoms with Gasteiger partial charge in [-0.15, -0.1) is 0 Å². The van der Waals surface area contributed by atoms with Crippen molar-refractivity contribution in [1.29, 1.82) is 0 Å². The molecule has 8 heteroatoms. The number of aryl methyl sites for hydroxylation is 1. The first-order chi connectivity index (χ1) is 11.5. The van der Waals surface area contributed by atoms with Crippen LogP contribution in [0, 0.1) is 6.92 Å². The molecule has 0 radical (unpaired) electrons. The van der Waals surface area contributed by atoms with Crippen molar-refractivity contribution in [3.63, 3.8) is 0 Å². The summed E-state index contributed by atoms with van der Waals surface area (Å²) in [7, 11) is -3.29. The van der Waals surface area contributed by atoms with Gasteiger partial charge in [0.1, 0.15) is 0 Å². The Morgan fingerprint density at radius 3 is 2.42 bits per heavy atom. The molecule has 0 aliphatic carbocycles. The van der Waals surface area contributed by atoms with E-state index in [1.54, 1.807) is 11.2 Å². The largest absolute Gasteiger partial charge is 0.340 e. The quantitative estimate of drug-likeness (QED) is 0.815. The number of hydrogen-bond donors (Lipinski definition) is 0. The van der Waals surface area contributed by atoms with Crippen LogP contribution in [0.25, 0.3) is 0 Å². The zero-order valence-corrected chi connectivity index (χ0v) is 14.7. The second kappa shape index (κ2) is 7.00. The van der Waals surface area contributed by atoms with Crippen LogP contribution < -0.4 is 0 Å². The van der Waals surface area contributed by atoms with Gasteiger partial charge in [-0.2, -0.15) is 9.29 Å². The molecule has 1 aliphatic rings. The van der Waals surface area contributed by atoms with Crippen LogP contribution in [-0.4, -0.2) is 53.9 Å². The highest BCUT2D eigenvalue weighted by atomic mass is 32.2. The molecular formula is C16H22N4O3S. The first-order valence-electron chi connectivity index (χ1n) is 8.02. The maximum atomic E-state index is 12.6. The van der Waals surface area contributed by atoms with Crippen LogP contribution in [0.2, 0.25) is 0 Å². The van der Waals surface area contributed by atoms with Crippen molar-refractivity contribution in [2.45, 2.75) is 25.6 Å². The lowest BCUT2D eigenvalue weighted by Gasteiger charge is -2.36. The summed E-state index contributed by atoms with van der Waals surface area (Å²) in [5, 5.41) is 3.95. The smallest absolute Gasteiger partial charge is 0.223 e. The van der Waals surface area contributed by atoms with Crippen molar-refractivity contribution in [3.05, 3.63) is 47.6 Å². The Labute approximate surface area is 142 Å². The minimum Gasteiger partial charge on any atom is -0.340 e. The van der Waals surface area contributed by atoms with Crippen LogP contribution in [0.1, 0.15) is 30.2 Å². The van der Waals surface area contributed by atoms with Crippen LogP contribution in [0.5, 0.6) is 0 Å². The molecule has 24 heavy (non-hydrogen) atoms. The van der Waals surface area contributed by atoms with E-state index in [0.717, 1.165) is 5.56 Å². The third kappa shape index (κ3) is 3.82. The van der Waals surface area contributed by atoms with E-state index < -0.39 is 10.0 Å². The van der Waals surface area contributed by atoms with Crippen molar-refractivity contribution >= 4 is 10.0 Å². The normalized spacial score (nSPS) is 18.6. The topological polar surface area (TPSA) is 79.5 Å². The Balaban J connectivity index is 1.60. The summed E-state index contributed by atoms with van der Waals surface area (Å²) >= 11 is 0. The van der Waals surface area contributed by atoms with Crippen molar-refractivity contribution in [3.8, 4) is 0 Å². The van der Waals surface area contributed by atoms with Crippen LogP contribution in [0.15, 0.2) is 34.9 Å². The zero-order valence-electron chi connectivity index (χ0n) is 13.9. The van der Waals surface area contributed by atoms with E-state index in [-0.39, 0.29) is 11.8 Å². The molecule has 3 rings (SSSR count). The Hall–Kier alpha value is -1.77. The van der Waals surface area contributed by atoms with E-state index in [2.05, 4.69) is 15.0 Å². The molecule has 2 heterocycles. The van der Waals surface area contributed by atoms with Crippen molar-refractivity contribution < 1.29 is 12.9 Å². The molecule has 1 atom stereocenters. The predicted molar refractivity (Wildman–Crippen MR) is 89.7 cm³/mol. The van der Waals surface area contributed by atoms with E-state index in [1.165, 1.54) is 0 Å². The minimum absolute atomic E-state index is 0.0152. The van der Waals surface area contributed by atoms with Gasteiger partial charge in [0.2, 0.25) is 15.9 Å². The summed E-state index contributed by atoms with van der Waals surface area (Å²) in [5.41, 5.74) is 0.815. The Bertz CT molecular complexity index is 768. The van der Waals surface area contributed by atoms with Crippen molar-refractivity contribution in [2.24, 2.45) is 0 Å². The molecule has 1 aromatic carbocycles. The predicted octanol–water partition coefficient (Wildman–Crippen LogP) is 1.59. The lowest BCUT2D eigenvalue weighted by Crippen LogP contribution is -2.49. The fourth-order valence-electron chi connectivity index (χ4n) is 2.89. The summed E-state index contributed by atoms with van der Waals surface area (Å²) in [6, 6.07) is 9.30. The molecule has 0 N–H and O–H groups in total. The average Bonchev–Trinajstić information content (AvgIpc) is 3.01. The number of nitrogens with zero attached hydrogens (tertiary/aromatic N) is 4.